The van der Waals surface area contributed by atoms with Gasteiger partial charge >= 0.3 is 0 Å². The number of carbonyl (C=O) groups is 1. The number of aromatic hydroxyl groups is 1. The monoisotopic (exact) mass is 304 g/mol. The molecule has 0 spiro atoms. The second-order valence-corrected chi connectivity index (χ2v) is 6.21. The Labute approximate surface area is 135 Å². The van der Waals surface area contributed by atoms with Gasteiger partial charge in [-0.15, -0.1) is 0 Å². The number of hydrogen-bond acceptors (Lipinski definition) is 2. The Morgan fingerprint density at radius 1 is 0.909 bits per heavy atom. The number of Topliss-reactive ketones (excluding diaryl/α,β-unsaturated/α-hetero) is 1. The molecule has 0 fully saturated rings. The number of ketones is 1. The van der Waals surface area contributed by atoms with Gasteiger partial charge in [-0.3, -0.25) is 4.79 Å². The number of hydrogen-bond donors (Lipinski definition) is 1. The zero-order chi connectivity index (χ0) is 16.2. The smallest absolute Gasteiger partial charge is 0.166 e. The number of carbonyl (C=O) groups excluding carboxylic acids is 1. The lowest BCUT2D eigenvalue weighted by atomic mass is 10.00. The van der Waals surface area contributed by atoms with Gasteiger partial charge in [0.05, 0.1) is 5.56 Å². The van der Waals surface area contributed by atoms with E-state index in [0.717, 1.165) is 24.8 Å². The van der Waals surface area contributed by atoms with Gasteiger partial charge in [0.25, 0.3) is 0 Å². The number of benzene rings is 1. The Bertz CT molecular complexity index is 437. The maximum Gasteiger partial charge on any atom is 0.166 e. The maximum atomic E-state index is 12.2. The molecule has 0 unspecified atom stereocenters. The number of phenols is 1. The quantitative estimate of drug-likeness (QED) is 0.376. The largest absolute Gasteiger partial charge is 0.507 e. The van der Waals surface area contributed by atoms with Gasteiger partial charge in [0.15, 0.2) is 5.78 Å². The third-order valence-electron chi connectivity index (χ3n) is 4.28. The lowest BCUT2D eigenvalue weighted by molar-refractivity contribution is 0.0976. The molecular formula is C20H32O2. The van der Waals surface area contributed by atoms with E-state index in [1.165, 1.54) is 44.9 Å². The van der Waals surface area contributed by atoms with Crippen LogP contribution in [-0.4, -0.2) is 10.9 Å². The molecule has 1 N–H and O–H groups in total. The van der Waals surface area contributed by atoms with E-state index >= 15 is 0 Å². The minimum atomic E-state index is 0.0794. The van der Waals surface area contributed by atoms with E-state index in [-0.39, 0.29) is 11.5 Å². The molecule has 0 atom stereocenters. The molecule has 0 aromatic heterocycles. The van der Waals surface area contributed by atoms with Crippen LogP contribution >= 0.6 is 0 Å². The molecule has 0 aliphatic heterocycles. The molecule has 1 rings (SSSR count). The van der Waals surface area contributed by atoms with Crippen LogP contribution in [0.5, 0.6) is 5.75 Å². The summed E-state index contributed by atoms with van der Waals surface area (Å²) < 4.78 is 0. The molecule has 0 saturated carbocycles. The zero-order valence-corrected chi connectivity index (χ0v) is 14.4. The Kier molecular flexibility index (Phi) is 9.61. The van der Waals surface area contributed by atoms with E-state index in [1.54, 1.807) is 6.07 Å². The molecule has 0 amide bonds. The third-order valence-corrected chi connectivity index (χ3v) is 4.28. The summed E-state index contributed by atoms with van der Waals surface area (Å²) in [5.74, 6) is 0.203. The first-order valence-electron chi connectivity index (χ1n) is 9.04. The summed E-state index contributed by atoms with van der Waals surface area (Å²) >= 11 is 0. The maximum absolute atomic E-state index is 12.2. The van der Waals surface area contributed by atoms with Crippen LogP contribution in [0.15, 0.2) is 18.2 Å². The van der Waals surface area contributed by atoms with Gasteiger partial charge < -0.3 is 5.11 Å². The SMILES string of the molecule is CCCCCCCCCCCC(=O)c1cc(CC)ccc1O. The van der Waals surface area contributed by atoms with Crippen LogP contribution in [0.3, 0.4) is 0 Å². The average Bonchev–Trinajstić information content (AvgIpc) is 2.53. The number of phenolic OH excluding ortho intramolecular Hbond substituents is 1. The van der Waals surface area contributed by atoms with E-state index in [2.05, 4.69) is 13.8 Å². The molecule has 0 aliphatic rings. The van der Waals surface area contributed by atoms with Gasteiger partial charge in [0.2, 0.25) is 0 Å². The molecule has 22 heavy (non-hydrogen) atoms. The second kappa shape index (κ2) is 11.3. The number of aryl methyl sites for hydroxylation is 1. The second-order valence-electron chi connectivity index (χ2n) is 6.21. The molecule has 2 nitrogen and oxygen atoms in total. The van der Waals surface area contributed by atoms with Gasteiger partial charge in [-0.1, -0.05) is 71.3 Å². The van der Waals surface area contributed by atoms with Gasteiger partial charge in [-0.25, -0.2) is 0 Å². The Hall–Kier alpha value is -1.31. The van der Waals surface area contributed by atoms with Crippen molar-refractivity contribution in [3.63, 3.8) is 0 Å². The van der Waals surface area contributed by atoms with Crippen molar-refractivity contribution in [2.75, 3.05) is 0 Å². The van der Waals surface area contributed by atoms with E-state index in [9.17, 15) is 9.90 Å². The lowest BCUT2D eigenvalue weighted by Crippen LogP contribution is -2.00. The minimum absolute atomic E-state index is 0.0794. The first kappa shape index (κ1) is 18.7. The predicted molar refractivity (Wildman–Crippen MR) is 93.7 cm³/mol. The zero-order valence-electron chi connectivity index (χ0n) is 14.4. The summed E-state index contributed by atoms with van der Waals surface area (Å²) in [5.41, 5.74) is 1.60. The normalized spacial score (nSPS) is 10.8. The van der Waals surface area contributed by atoms with Crippen molar-refractivity contribution in [1.82, 2.24) is 0 Å². The van der Waals surface area contributed by atoms with Crippen molar-refractivity contribution >= 4 is 5.78 Å². The molecule has 124 valence electrons. The average molecular weight is 304 g/mol. The van der Waals surface area contributed by atoms with Gasteiger partial charge in [-0.2, -0.15) is 0 Å². The van der Waals surface area contributed by atoms with E-state index in [0.29, 0.717) is 12.0 Å². The van der Waals surface area contributed by atoms with Crippen molar-refractivity contribution in [2.45, 2.75) is 84.5 Å². The standard InChI is InChI=1S/C20H32O2/c1-3-5-6-7-8-9-10-11-12-13-19(21)18-16-17(4-2)14-15-20(18)22/h14-16,22H,3-13H2,1-2H3. The molecule has 0 radical (unpaired) electrons. The first-order chi connectivity index (χ1) is 10.7. The van der Waals surface area contributed by atoms with Crippen LogP contribution in [0.4, 0.5) is 0 Å². The summed E-state index contributed by atoms with van der Waals surface area (Å²) in [6.45, 7) is 4.30. The highest BCUT2D eigenvalue weighted by Crippen LogP contribution is 2.21. The Balaban J connectivity index is 2.18. The summed E-state index contributed by atoms with van der Waals surface area (Å²) in [4.78, 5) is 12.2. The highest BCUT2D eigenvalue weighted by Gasteiger charge is 2.11. The summed E-state index contributed by atoms with van der Waals surface area (Å²) in [5, 5.41) is 9.82. The molecule has 0 bridgehead atoms. The molecule has 0 saturated heterocycles. The van der Waals surface area contributed by atoms with Crippen LogP contribution in [0.1, 0.15) is 94.0 Å². The Morgan fingerprint density at radius 3 is 2.09 bits per heavy atom. The van der Waals surface area contributed by atoms with Gasteiger partial charge in [0.1, 0.15) is 5.75 Å². The fraction of sp³-hybridized carbons (Fsp3) is 0.650. The molecule has 0 aliphatic carbocycles. The van der Waals surface area contributed by atoms with Crippen LogP contribution in [0, 0.1) is 0 Å². The molecule has 1 aromatic rings. The lowest BCUT2D eigenvalue weighted by Gasteiger charge is -2.06. The van der Waals surface area contributed by atoms with Crippen LogP contribution in [0.25, 0.3) is 0 Å². The van der Waals surface area contributed by atoms with E-state index < -0.39 is 0 Å². The van der Waals surface area contributed by atoms with Crippen LogP contribution in [0.2, 0.25) is 0 Å². The molecule has 1 aromatic carbocycles. The predicted octanol–water partition coefficient (Wildman–Crippen LogP) is 6.06. The summed E-state index contributed by atoms with van der Waals surface area (Å²) in [6.07, 6.45) is 12.7. The number of rotatable bonds is 12. The highest BCUT2D eigenvalue weighted by atomic mass is 16.3. The van der Waals surface area contributed by atoms with Crippen molar-refractivity contribution in [2.24, 2.45) is 0 Å². The summed E-state index contributed by atoms with van der Waals surface area (Å²) in [7, 11) is 0. The highest BCUT2D eigenvalue weighted by molar-refractivity contribution is 5.98. The Morgan fingerprint density at radius 2 is 1.50 bits per heavy atom. The van der Waals surface area contributed by atoms with Crippen LogP contribution in [-0.2, 0) is 6.42 Å². The molecule has 0 heterocycles. The minimum Gasteiger partial charge on any atom is -0.507 e. The van der Waals surface area contributed by atoms with Gasteiger partial charge in [-0.05, 0) is 30.5 Å². The van der Waals surface area contributed by atoms with E-state index in [1.807, 2.05) is 12.1 Å². The van der Waals surface area contributed by atoms with Crippen molar-refractivity contribution in [3.8, 4) is 5.75 Å². The van der Waals surface area contributed by atoms with Gasteiger partial charge in [0, 0.05) is 6.42 Å². The van der Waals surface area contributed by atoms with Crippen LogP contribution < -0.4 is 0 Å². The topological polar surface area (TPSA) is 37.3 Å². The molecular weight excluding hydrogens is 272 g/mol. The number of unbranched alkanes of at least 4 members (excludes halogenated alkanes) is 8. The van der Waals surface area contributed by atoms with Crippen molar-refractivity contribution < 1.29 is 9.90 Å². The van der Waals surface area contributed by atoms with E-state index in [4.69, 9.17) is 0 Å². The van der Waals surface area contributed by atoms with Crippen molar-refractivity contribution in [1.29, 1.82) is 0 Å². The third kappa shape index (κ3) is 7.11. The fourth-order valence-electron chi connectivity index (χ4n) is 2.76. The molecule has 2 heteroatoms. The van der Waals surface area contributed by atoms with Crippen molar-refractivity contribution in [3.05, 3.63) is 29.3 Å². The first-order valence-corrected chi connectivity index (χ1v) is 9.04. The fourth-order valence-corrected chi connectivity index (χ4v) is 2.76. The summed E-state index contributed by atoms with van der Waals surface area (Å²) in [6, 6.07) is 5.36.